The van der Waals surface area contributed by atoms with Gasteiger partial charge in [0.2, 0.25) is 0 Å². The van der Waals surface area contributed by atoms with Gasteiger partial charge in [0.25, 0.3) is 11.8 Å². The first-order valence-corrected chi connectivity index (χ1v) is 9.44. The minimum absolute atomic E-state index is 0.00218. The average Bonchev–Trinajstić information content (AvgIpc) is 3.25. The first-order chi connectivity index (χ1) is 16.1. The number of hydrogen-bond donors (Lipinski definition) is 3. The molecule has 0 fully saturated rings. The second-order valence-electron chi connectivity index (χ2n) is 6.71. The van der Waals surface area contributed by atoms with Crippen molar-refractivity contribution in [2.24, 2.45) is 0 Å². The number of methoxy groups -OCH3 is 1. The first kappa shape index (κ1) is 18.5. The molecule has 0 unspecified atom stereocenters. The predicted molar refractivity (Wildman–Crippen MR) is 109 cm³/mol. The molecule has 3 rings (SSSR count). The molecule has 164 valence electrons. The molecule has 7 nitrogen and oxygen atoms in total. The van der Waals surface area contributed by atoms with Crippen molar-refractivity contribution >= 4 is 17.5 Å². The largest absolute Gasteiger partial charge is 0.497 e. The number of amides is 2. The van der Waals surface area contributed by atoms with Gasteiger partial charge in [-0.05, 0) is 54.7 Å². The molecule has 9 heteroatoms. The number of anilines is 1. The normalized spacial score (nSPS) is 15.1. The van der Waals surface area contributed by atoms with Gasteiger partial charge in [0.1, 0.15) is 23.1 Å². The molecule has 2 amide bonds. The Morgan fingerprint density at radius 1 is 1.10 bits per heavy atom. The van der Waals surface area contributed by atoms with E-state index < -0.39 is 36.2 Å². The summed E-state index contributed by atoms with van der Waals surface area (Å²) in [7, 11) is -2.68. The third-order valence-electron chi connectivity index (χ3n) is 4.69. The maximum absolute atomic E-state index is 14.8. The summed E-state index contributed by atoms with van der Waals surface area (Å²) in [5.74, 6) is -3.59. The van der Waals surface area contributed by atoms with Crippen molar-refractivity contribution in [1.82, 2.24) is 5.48 Å². The third-order valence-corrected chi connectivity index (χ3v) is 4.69. The zero-order valence-corrected chi connectivity index (χ0v) is 16.3. The van der Waals surface area contributed by atoms with E-state index >= 15 is 0 Å². The van der Waals surface area contributed by atoms with Crippen molar-refractivity contribution in [2.45, 2.75) is 19.3 Å². The molecule has 1 aliphatic rings. The number of hydrogen-bond acceptors (Lipinski definition) is 5. The standard InChI is InChI=1S/C22H22F2N2O5/c1-30-15-5-2-4-13(10-15)14-11-18(23)20(19(24)12-14)25-21(28)16-6-3-7-17(16)22(29)26-31-9-8-27/h2,4-5,10-12,27H,3,6-9H2,1H3,(H,25,28)(H,26,29)/i1D3. The molecule has 2 aromatic carbocycles. The lowest BCUT2D eigenvalue weighted by Gasteiger charge is -2.12. The van der Waals surface area contributed by atoms with Crippen LogP contribution in [0.4, 0.5) is 14.5 Å². The lowest BCUT2D eigenvalue weighted by molar-refractivity contribution is -0.130. The number of hydroxylamine groups is 1. The van der Waals surface area contributed by atoms with Crippen LogP contribution in [0.3, 0.4) is 0 Å². The molecule has 3 N–H and O–H groups in total. The number of carbonyl (C=O) groups excluding carboxylic acids is 2. The highest BCUT2D eigenvalue weighted by Crippen LogP contribution is 2.31. The van der Waals surface area contributed by atoms with Crippen LogP contribution in [0.15, 0.2) is 47.5 Å². The molecule has 0 atom stereocenters. The minimum atomic E-state index is -2.68. The summed E-state index contributed by atoms with van der Waals surface area (Å²) in [6.45, 7) is -0.438. The smallest absolute Gasteiger partial charge is 0.271 e. The number of halogens is 2. The SMILES string of the molecule is [2H]C([2H])([2H])Oc1cccc(-c2cc(F)c(NC(=O)C3=C(C(=O)NOCCO)CCC3)c(F)c2)c1. The van der Waals surface area contributed by atoms with Gasteiger partial charge in [-0.2, -0.15) is 0 Å². The van der Waals surface area contributed by atoms with E-state index in [1.54, 1.807) is 0 Å². The second kappa shape index (κ2) is 10.1. The van der Waals surface area contributed by atoms with E-state index in [-0.39, 0.29) is 48.5 Å². The Balaban J connectivity index is 1.80. The molecule has 2 aromatic rings. The third kappa shape index (κ3) is 5.25. The number of nitrogens with one attached hydrogen (secondary N) is 2. The van der Waals surface area contributed by atoms with Crippen LogP contribution in [-0.2, 0) is 14.4 Å². The van der Waals surface area contributed by atoms with Crippen molar-refractivity contribution < 1.29 is 37.2 Å². The number of benzene rings is 2. The Morgan fingerprint density at radius 2 is 1.81 bits per heavy atom. The van der Waals surface area contributed by atoms with Crippen LogP contribution < -0.4 is 15.5 Å². The zero-order chi connectivity index (χ0) is 24.9. The predicted octanol–water partition coefficient (Wildman–Crippen LogP) is 3.10. The summed E-state index contributed by atoms with van der Waals surface area (Å²) in [6, 6.07) is 7.71. The number of rotatable bonds is 8. The van der Waals surface area contributed by atoms with Gasteiger partial charge < -0.3 is 15.2 Å². The first-order valence-electron chi connectivity index (χ1n) is 10.9. The average molecular weight is 435 g/mol. The molecule has 0 saturated heterocycles. The van der Waals surface area contributed by atoms with Gasteiger partial charge in [0, 0.05) is 11.1 Å². The summed E-state index contributed by atoms with van der Waals surface area (Å²) in [5.41, 5.74) is 2.06. The van der Waals surface area contributed by atoms with Gasteiger partial charge in [0.15, 0.2) is 0 Å². The fraction of sp³-hybridized carbons (Fsp3) is 0.273. The Labute approximate surface area is 181 Å². The number of carbonyl (C=O) groups is 2. The Kier molecular flexibility index (Phi) is 6.04. The molecule has 0 saturated carbocycles. The Hall–Kier alpha value is -3.30. The van der Waals surface area contributed by atoms with Crippen molar-refractivity contribution in [3.05, 3.63) is 59.2 Å². The quantitative estimate of drug-likeness (QED) is 0.437. The van der Waals surface area contributed by atoms with Gasteiger partial charge in [-0.25, -0.2) is 14.3 Å². The van der Waals surface area contributed by atoms with Crippen molar-refractivity contribution in [2.75, 3.05) is 25.6 Å². The fourth-order valence-electron chi connectivity index (χ4n) is 3.26. The Bertz CT molecular complexity index is 1100. The molecular formula is C22H22F2N2O5. The molecular weight excluding hydrogens is 410 g/mol. The van der Waals surface area contributed by atoms with E-state index in [1.165, 1.54) is 24.3 Å². The van der Waals surface area contributed by atoms with Gasteiger partial charge in [-0.15, -0.1) is 0 Å². The molecule has 1 aliphatic carbocycles. The van der Waals surface area contributed by atoms with Crippen LogP contribution in [0.2, 0.25) is 0 Å². The summed E-state index contributed by atoms with van der Waals surface area (Å²) in [6.07, 6.45) is 1.03. The van der Waals surface area contributed by atoms with Crippen LogP contribution in [0.1, 0.15) is 23.4 Å². The van der Waals surface area contributed by atoms with Crippen molar-refractivity contribution in [3.63, 3.8) is 0 Å². The summed E-state index contributed by atoms with van der Waals surface area (Å²) in [5, 5.41) is 10.9. The van der Waals surface area contributed by atoms with E-state index in [1.807, 2.05) is 0 Å². The lowest BCUT2D eigenvalue weighted by atomic mass is 10.0. The molecule has 0 aliphatic heterocycles. The molecule has 0 heterocycles. The number of ether oxygens (including phenoxy) is 1. The van der Waals surface area contributed by atoms with E-state index in [0.717, 1.165) is 12.1 Å². The molecule has 0 bridgehead atoms. The highest BCUT2D eigenvalue weighted by atomic mass is 19.1. The van der Waals surface area contributed by atoms with Crippen LogP contribution in [0.5, 0.6) is 5.75 Å². The lowest BCUT2D eigenvalue weighted by Crippen LogP contribution is -2.28. The van der Waals surface area contributed by atoms with Gasteiger partial charge >= 0.3 is 0 Å². The maximum Gasteiger partial charge on any atom is 0.271 e. The van der Waals surface area contributed by atoms with Crippen LogP contribution in [0.25, 0.3) is 11.1 Å². The van der Waals surface area contributed by atoms with Crippen molar-refractivity contribution in [3.8, 4) is 16.9 Å². The van der Waals surface area contributed by atoms with Crippen LogP contribution in [-0.4, -0.2) is 37.2 Å². The Morgan fingerprint density at radius 3 is 2.48 bits per heavy atom. The second-order valence-corrected chi connectivity index (χ2v) is 6.71. The highest BCUT2D eigenvalue weighted by molar-refractivity contribution is 6.10. The topological polar surface area (TPSA) is 96.9 Å². The van der Waals surface area contributed by atoms with Crippen molar-refractivity contribution in [1.29, 1.82) is 0 Å². The maximum atomic E-state index is 14.8. The van der Waals surface area contributed by atoms with E-state index in [4.69, 9.17) is 18.8 Å². The molecule has 0 aromatic heterocycles. The fourth-order valence-corrected chi connectivity index (χ4v) is 3.26. The summed E-state index contributed by atoms with van der Waals surface area (Å²) in [4.78, 5) is 29.6. The van der Waals surface area contributed by atoms with E-state index in [0.29, 0.717) is 12.0 Å². The molecule has 0 spiro atoms. The number of aliphatic hydroxyl groups is 1. The van der Waals surface area contributed by atoms with Crippen LogP contribution in [0, 0.1) is 11.6 Å². The summed E-state index contributed by atoms with van der Waals surface area (Å²) >= 11 is 0. The molecule has 31 heavy (non-hydrogen) atoms. The molecule has 0 radical (unpaired) electrons. The van der Waals surface area contributed by atoms with Gasteiger partial charge in [-0.3, -0.25) is 14.4 Å². The van der Waals surface area contributed by atoms with E-state index in [2.05, 4.69) is 10.8 Å². The summed E-state index contributed by atoms with van der Waals surface area (Å²) < 4.78 is 55.8. The highest BCUT2D eigenvalue weighted by Gasteiger charge is 2.27. The van der Waals surface area contributed by atoms with Crippen LogP contribution >= 0.6 is 0 Å². The number of aliphatic hydroxyl groups excluding tert-OH is 1. The van der Waals surface area contributed by atoms with Gasteiger partial charge in [0.05, 0.1) is 24.4 Å². The van der Waals surface area contributed by atoms with E-state index in [9.17, 15) is 18.4 Å². The zero-order valence-electron chi connectivity index (χ0n) is 19.3. The monoisotopic (exact) mass is 435 g/mol. The van der Waals surface area contributed by atoms with Gasteiger partial charge in [-0.1, -0.05) is 12.1 Å². The minimum Gasteiger partial charge on any atom is -0.497 e.